The van der Waals surface area contributed by atoms with Crippen LogP contribution in [-0.4, -0.2) is 55.8 Å². The van der Waals surface area contributed by atoms with Crippen LogP contribution in [0, 0.1) is 0 Å². The van der Waals surface area contributed by atoms with Crippen LogP contribution in [0.1, 0.15) is 43.6 Å². The third-order valence-corrected chi connectivity index (χ3v) is 6.44. The van der Waals surface area contributed by atoms with E-state index in [0.29, 0.717) is 16.1 Å². The van der Waals surface area contributed by atoms with Crippen molar-refractivity contribution >= 4 is 44.9 Å². The number of hydrogen-bond acceptors (Lipinski definition) is 5. The molecule has 0 aliphatic carbocycles. The quantitative estimate of drug-likeness (QED) is 0.497. The van der Waals surface area contributed by atoms with Gasteiger partial charge < -0.3 is 10.2 Å². The standard InChI is InChI=1S/C24H30ClN3O5S/c1-16(2)26-24(31)17(3)27(14-19-8-6-10-21(25)12-19)23(30)15-28(34(5,32)33)22-11-7-9-20(13-22)18(4)29/h6-13,16-17H,14-15H2,1-5H3,(H,26,31)/t17-/m0/s1. The second-order valence-electron chi connectivity index (χ2n) is 8.37. The van der Waals surface area contributed by atoms with E-state index in [9.17, 15) is 22.8 Å². The minimum absolute atomic E-state index is 0.0527. The van der Waals surface area contributed by atoms with Gasteiger partial charge in [-0.25, -0.2) is 8.42 Å². The average Bonchev–Trinajstić information content (AvgIpc) is 2.74. The van der Waals surface area contributed by atoms with E-state index in [-0.39, 0.29) is 30.0 Å². The van der Waals surface area contributed by atoms with E-state index in [4.69, 9.17) is 11.6 Å². The van der Waals surface area contributed by atoms with Gasteiger partial charge in [0.05, 0.1) is 11.9 Å². The number of ketones is 1. The lowest BCUT2D eigenvalue weighted by atomic mass is 10.1. The molecule has 0 spiro atoms. The van der Waals surface area contributed by atoms with Crippen LogP contribution in [0.25, 0.3) is 0 Å². The third kappa shape index (κ3) is 7.56. The van der Waals surface area contributed by atoms with E-state index in [1.807, 2.05) is 0 Å². The first-order chi connectivity index (χ1) is 15.8. The molecule has 184 valence electrons. The van der Waals surface area contributed by atoms with Crippen LogP contribution in [-0.2, 0) is 26.2 Å². The minimum atomic E-state index is -3.88. The molecular weight excluding hydrogens is 478 g/mol. The molecule has 0 aliphatic heterocycles. The Morgan fingerprint density at radius 3 is 2.24 bits per heavy atom. The van der Waals surface area contributed by atoms with E-state index < -0.39 is 28.5 Å². The molecule has 2 aromatic rings. The zero-order chi connectivity index (χ0) is 25.6. The Hall–Kier alpha value is -2.91. The summed E-state index contributed by atoms with van der Waals surface area (Å²) in [7, 11) is -3.88. The highest BCUT2D eigenvalue weighted by atomic mass is 35.5. The molecule has 2 aromatic carbocycles. The summed E-state index contributed by atoms with van der Waals surface area (Å²) in [5.74, 6) is -1.18. The number of carbonyl (C=O) groups is 3. The normalized spacial score (nSPS) is 12.2. The summed E-state index contributed by atoms with van der Waals surface area (Å²) in [5, 5.41) is 3.26. The topological polar surface area (TPSA) is 104 Å². The molecule has 1 atom stereocenters. The van der Waals surface area contributed by atoms with Crippen molar-refractivity contribution in [2.24, 2.45) is 0 Å². The van der Waals surface area contributed by atoms with Gasteiger partial charge in [0.15, 0.2) is 5.78 Å². The Bertz CT molecular complexity index is 1170. The number of amides is 2. The lowest BCUT2D eigenvalue weighted by Crippen LogP contribution is -2.52. The minimum Gasteiger partial charge on any atom is -0.352 e. The Morgan fingerprint density at radius 1 is 1.03 bits per heavy atom. The first-order valence-corrected chi connectivity index (χ1v) is 12.9. The molecule has 0 bridgehead atoms. The van der Waals surface area contributed by atoms with E-state index in [1.165, 1.54) is 24.0 Å². The van der Waals surface area contributed by atoms with Crippen LogP contribution < -0.4 is 9.62 Å². The Kier molecular flexibility index (Phi) is 9.23. The summed E-state index contributed by atoms with van der Waals surface area (Å²) in [6.07, 6.45) is 0.983. The number of rotatable bonds is 10. The Morgan fingerprint density at radius 2 is 1.68 bits per heavy atom. The molecule has 2 amide bonds. The second-order valence-corrected chi connectivity index (χ2v) is 10.7. The van der Waals surface area contributed by atoms with Crippen molar-refractivity contribution in [2.45, 2.75) is 46.3 Å². The second kappa shape index (κ2) is 11.5. The molecule has 0 saturated carbocycles. The number of anilines is 1. The summed E-state index contributed by atoms with van der Waals surface area (Å²) in [5.41, 5.74) is 1.19. The maximum absolute atomic E-state index is 13.5. The van der Waals surface area contributed by atoms with Crippen molar-refractivity contribution < 1.29 is 22.8 Å². The Balaban J connectivity index is 2.43. The van der Waals surface area contributed by atoms with Gasteiger partial charge in [0.2, 0.25) is 21.8 Å². The summed E-state index contributed by atoms with van der Waals surface area (Å²) in [6.45, 7) is 6.08. The monoisotopic (exact) mass is 507 g/mol. The first-order valence-electron chi connectivity index (χ1n) is 10.7. The van der Waals surface area contributed by atoms with Crippen molar-refractivity contribution in [3.63, 3.8) is 0 Å². The highest BCUT2D eigenvalue weighted by Crippen LogP contribution is 2.21. The maximum Gasteiger partial charge on any atom is 0.244 e. The number of nitrogens with one attached hydrogen (secondary N) is 1. The fourth-order valence-corrected chi connectivity index (χ4v) is 4.37. The molecular formula is C24H30ClN3O5S. The zero-order valence-corrected chi connectivity index (χ0v) is 21.5. The van der Waals surface area contributed by atoms with Crippen molar-refractivity contribution in [3.05, 3.63) is 64.7 Å². The molecule has 0 radical (unpaired) electrons. The van der Waals surface area contributed by atoms with Gasteiger partial charge in [0, 0.05) is 23.2 Å². The molecule has 10 heteroatoms. The van der Waals surface area contributed by atoms with E-state index in [2.05, 4.69) is 5.32 Å². The van der Waals surface area contributed by atoms with Gasteiger partial charge in [-0.3, -0.25) is 18.7 Å². The SMILES string of the molecule is CC(=O)c1cccc(N(CC(=O)N(Cc2cccc(Cl)c2)[C@@H](C)C(=O)NC(C)C)S(C)(=O)=O)c1. The number of nitrogens with zero attached hydrogens (tertiary/aromatic N) is 2. The van der Waals surface area contributed by atoms with Gasteiger partial charge in [0.25, 0.3) is 0 Å². The van der Waals surface area contributed by atoms with Gasteiger partial charge in [-0.1, -0.05) is 35.9 Å². The largest absolute Gasteiger partial charge is 0.352 e. The van der Waals surface area contributed by atoms with Crippen LogP contribution in [0.15, 0.2) is 48.5 Å². The van der Waals surface area contributed by atoms with Crippen molar-refractivity contribution in [1.29, 1.82) is 0 Å². The maximum atomic E-state index is 13.5. The fourth-order valence-electron chi connectivity index (χ4n) is 3.31. The molecule has 0 aromatic heterocycles. The third-order valence-electron chi connectivity index (χ3n) is 5.06. The molecule has 0 heterocycles. The molecule has 34 heavy (non-hydrogen) atoms. The van der Waals surface area contributed by atoms with Crippen LogP contribution in [0.2, 0.25) is 5.02 Å². The molecule has 1 N–H and O–H groups in total. The lowest BCUT2D eigenvalue weighted by molar-refractivity contribution is -0.139. The zero-order valence-electron chi connectivity index (χ0n) is 19.9. The van der Waals surface area contributed by atoms with Crippen LogP contribution in [0.5, 0.6) is 0 Å². The lowest BCUT2D eigenvalue weighted by Gasteiger charge is -2.32. The van der Waals surface area contributed by atoms with Gasteiger partial charge >= 0.3 is 0 Å². The summed E-state index contributed by atoms with van der Waals surface area (Å²) >= 11 is 6.09. The highest BCUT2D eigenvalue weighted by molar-refractivity contribution is 7.92. The number of benzene rings is 2. The highest BCUT2D eigenvalue weighted by Gasteiger charge is 2.30. The number of carbonyl (C=O) groups excluding carboxylic acids is 3. The van der Waals surface area contributed by atoms with Gasteiger partial charge in [-0.15, -0.1) is 0 Å². The molecule has 0 aliphatic rings. The number of hydrogen-bond donors (Lipinski definition) is 1. The van der Waals surface area contributed by atoms with E-state index in [1.54, 1.807) is 57.2 Å². The first kappa shape index (κ1) is 27.3. The van der Waals surface area contributed by atoms with E-state index in [0.717, 1.165) is 10.6 Å². The van der Waals surface area contributed by atoms with Crippen molar-refractivity contribution in [2.75, 3.05) is 17.1 Å². The predicted octanol–water partition coefficient (Wildman–Crippen LogP) is 3.25. The molecule has 0 saturated heterocycles. The summed E-state index contributed by atoms with van der Waals surface area (Å²) < 4.78 is 26.1. The summed E-state index contributed by atoms with van der Waals surface area (Å²) in [4.78, 5) is 39.3. The summed E-state index contributed by atoms with van der Waals surface area (Å²) in [6, 6.07) is 11.9. The van der Waals surface area contributed by atoms with Crippen molar-refractivity contribution in [1.82, 2.24) is 10.2 Å². The molecule has 2 rings (SSSR count). The average molecular weight is 508 g/mol. The molecule has 0 fully saturated rings. The Labute approximate surface area is 205 Å². The number of Topliss-reactive ketones (excluding diaryl/α,β-unsaturated/α-hetero) is 1. The molecule has 8 nitrogen and oxygen atoms in total. The molecule has 0 unspecified atom stereocenters. The number of sulfonamides is 1. The van der Waals surface area contributed by atoms with Crippen LogP contribution in [0.3, 0.4) is 0 Å². The smallest absolute Gasteiger partial charge is 0.244 e. The fraction of sp³-hybridized carbons (Fsp3) is 0.375. The van der Waals surface area contributed by atoms with Gasteiger partial charge in [0.1, 0.15) is 12.6 Å². The van der Waals surface area contributed by atoms with Crippen LogP contribution >= 0.6 is 11.6 Å². The number of halogens is 1. The van der Waals surface area contributed by atoms with Crippen LogP contribution in [0.4, 0.5) is 5.69 Å². The van der Waals surface area contributed by atoms with Gasteiger partial charge in [-0.2, -0.15) is 0 Å². The van der Waals surface area contributed by atoms with Crippen molar-refractivity contribution in [3.8, 4) is 0 Å². The van der Waals surface area contributed by atoms with E-state index >= 15 is 0 Å². The predicted molar refractivity (Wildman–Crippen MR) is 133 cm³/mol. The van der Waals surface area contributed by atoms with Gasteiger partial charge in [-0.05, 0) is 57.5 Å².